The van der Waals surface area contributed by atoms with Crippen LogP contribution in [0.5, 0.6) is 5.75 Å². The molecular formula is C26H33FN4O5S2. The Morgan fingerprint density at radius 3 is 2.55 bits per heavy atom. The Hall–Kier alpha value is -2.86. The van der Waals surface area contributed by atoms with Crippen LogP contribution in [0.1, 0.15) is 56.5 Å². The molecule has 0 bridgehead atoms. The van der Waals surface area contributed by atoms with E-state index in [1.165, 1.54) is 23.3 Å². The minimum atomic E-state index is -0.670. The number of carbonyl (C=O) groups excluding carboxylic acids is 3. The van der Waals surface area contributed by atoms with Crippen LogP contribution in [0.15, 0.2) is 21.4 Å². The highest BCUT2D eigenvalue weighted by molar-refractivity contribution is 8.01. The monoisotopic (exact) mass is 564 g/mol. The standard InChI is InChI=1S/C26H33FN4O5S2/c1-14-11-17(35-6)19(23(33)30-9-10-31(15(2)13-30)25(34)36-26(3,4)5)20(27)21(14)37-18-12-28-24(38-18)29-22(32)16-7-8-16/h11-12,15-16H,7-10,13H2,1-6H3,(H,28,29,32)/t15-/m1/s1. The van der Waals surface area contributed by atoms with Crippen molar-refractivity contribution < 1.29 is 28.2 Å². The normalized spacial score (nSPS) is 17.8. The van der Waals surface area contributed by atoms with Gasteiger partial charge in [-0.15, -0.1) is 0 Å². The van der Waals surface area contributed by atoms with E-state index >= 15 is 4.39 Å². The highest BCUT2D eigenvalue weighted by Crippen LogP contribution is 2.41. The topological polar surface area (TPSA) is 101 Å². The van der Waals surface area contributed by atoms with Crippen molar-refractivity contribution in [1.82, 2.24) is 14.8 Å². The summed E-state index contributed by atoms with van der Waals surface area (Å²) in [7, 11) is 1.40. The van der Waals surface area contributed by atoms with Gasteiger partial charge in [-0.3, -0.25) is 9.59 Å². The summed E-state index contributed by atoms with van der Waals surface area (Å²) in [6.07, 6.45) is 2.92. The van der Waals surface area contributed by atoms with Gasteiger partial charge in [-0.05, 0) is 59.1 Å². The fourth-order valence-corrected chi connectivity index (χ4v) is 6.05. The summed E-state index contributed by atoms with van der Waals surface area (Å²) >= 11 is 2.41. The number of hydrogen-bond acceptors (Lipinski definition) is 8. The van der Waals surface area contributed by atoms with E-state index in [2.05, 4.69) is 10.3 Å². The van der Waals surface area contributed by atoms with E-state index in [-0.39, 0.29) is 48.8 Å². The van der Waals surface area contributed by atoms with Crippen molar-refractivity contribution in [2.75, 3.05) is 32.1 Å². The molecule has 1 aromatic carbocycles. The van der Waals surface area contributed by atoms with Crippen LogP contribution >= 0.6 is 23.1 Å². The van der Waals surface area contributed by atoms with Gasteiger partial charge in [0.05, 0.1) is 22.4 Å². The minimum Gasteiger partial charge on any atom is -0.496 e. The highest BCUT2D eigenvalue weighted by atomic mass is 32.2. The fourth-order valence-electron chi connectivity index (χ4n) is 4.12. The quantitative estimate of drug-likeness (QED) is 0.516. The second-order valence-electron chi connectivity index (χ2n) is 10.5. The largest absolute Gasteiger partial charge is 0.496 e. The van der Waals surface area contributed by atoms with Gasteiger partial charge in [0.15, 0.2) is 10.9 Å². The Morgan fingerprint density at radius 2 is 1.95 bits per heavy atom. The van der Waals surface area contributed by atoms with Crippen LogP contribution in [0.3, 0.4) is 0 Å². The van der Waals surface area contributed by atoms with Gasteiger partial charge in [0.25, 0.3) is 5.91 Å². The number of amides is 3. The van der Waals surface area contributed by atoms with E-state index in [0.717, 1.165) is 24.6 Å². The SMILES string of the molecule is COc1cc(C)c(Sc2cnc(NC(=O)C3CC3)s2)c(F)c1C(=O)N1CCN(C(=O)OC(C)(C)C)[C@H](C)C1. The third-order valence-electron chi connectivity index (χ3n) is 6.21. The first-order valence-corrected chi connectivity index (χ1v) is 14.1. The lowest BCUT2D eigenvalue weighted by Crippen LogP contribution is -2.56. The Kier molecular flexibility index (Phi) is 8.22. The average molecular weight is 565 g/mol. The van der Waals surface area contributed by atoms with Gasteiger partial charge in [0, 0.05) is 31.6 Å². The lowest BCUT2D eigenvalue weighted by atomic mass is 10.1. The number of piperazine rings is 1. The number of nitrogens with one attached hydrogen (secondary N) is 1. The van der Waals surface area contributed by atoms with Gasteiger partial charge < -0.3 is 24.6 Å². The molecule has 3 amide bonds. The molecule has 0 radical (unpaired) electrons. The molecule has 2 aromatic rings. The molecule has 1 aliphatic carbocycles. The zero-order valence-corrected chi connectivity index (χ0v) is 24.1. The third-order valence-corrected chi connectivity index (χ3v) is 8.43. The van der Waals surface area contributed by atoms with E-state index in [1.54, 1.807) is 44.9 Å². The average Bonchev–Trinajstić information content (AvgIpc) is 3.60. The van der Waals surface area contributed by atoms with Crippen LogP contribution in [0.4, 0.5) is 14.3 Å². The zero-order chi connectivity index (χ0) is 27.8. The summed E-state index contributed by atoms with van der Waals surface area (Å²) in [6.45, 7) is 9.72. The molecule has 1 aliphatic heterocycles. The summed E-state index contributed by atoms with van der Waals surface area (Å²) in [6, 6.07) is 1.34. The van der Waals surface area contributed by atoms with Crippen molar-refractivity contribution in [2.24, 2.45) is 5.92 Å². The van der Waals surface area contributed by atoms with Crippen molar-refractivity contribution in [3.05, 3.63) is 29.2 Å². The molecule has 1 aromatic heterocycles. The van der Waals surface area contributed by atoms with Gasteiger partial charge >= 0.3 is 6.09 Å². The molecule has 38 heavy (non-hydrogen) atoms. The first-order valence-electron chi connectivity index (χ1n) is 12.5. The lowest BCUT2D eigenvalue weighted by molar-refractivity contribution is -0.117. The predicted molar refractivity (Wildman–Crippen MR) is 144 cm³/mol. The molecule has 2 aliphatic rings. The van der Waals surface area contributed by atoms with E-state index in [0.29, 0.717) is 19.8 Å². The van der Waals surface area contributed by atoms with Crippen molar-refractivity contribution >= 4 is 46.1 Å². The molecule has 2 fully saturated rings. The number of methoxy groups -OCH3 is 1. The number of ether oxygens (including phenoxy) is 2. The predicted octanol–water partition coefficient (Wildman–Crippen LogP) is 5.18. The van der Waals surface area contributed by atoms with Crippen molar-refractivity contribution in [2.45, 2.75) is 68.2 Å². The Bertz CT molecular complexity index is 1240. The molecule has 0 unspecified atom stereocenters. The van der Waals surface area contributed by atoms with Crippen molar-refractivity contribution in [1.29, 1.82) is 0 Å². The van der Waals surface area contributed by atoms with Crippen LogP contribution < -0.4 is 10.1 Å². The number of benzene rings is 1. The van der Waals surface area contributed by atoms with Crippen LogP contribution in [-0.2, 0) is 9.53 Å². The number of aromatic nitrogens is 1. The second kappa shape index (κ2) is 11.1. The maximum atomic E-state index is 16.0. The fraction of sp³-hybridized carbons (Fsp3) is 0.538. The smallest absolute Gasteiger partial charge is 0.410 e. The Morgan fingerprint density at radius 1 is 1.24 bits per heavy atom. The molecule has 1 atom stereocenters. The summed E-state index contributed by atoms with van der Waals surface area (Å²) in [5.74, 6) is -1.01. The van der Waals surface area contributed by atoms with E-state index in [1.807, 2.05) is 6.92 Å². The third kappa shape index (κ3) is 6.40. The maximum absolute atomic E-state index is 16.0. The number of carbonyl (C=O) groups is 3. The van der Waals surface area contributed by atoms with Gasteiger partial charge in [-0.25, -0.2) is 14.2 Å². The minimum absolute atomic E-state index is 0.0448. The zero-order valence-electron chi connectivity index (χ0n) is 22.4. The molecule has 206 valence electrons. The number of aryl methyl sites for hydroxylation is 1. The van der Waals surface area contributed by atoms with Crippen LogP contribution in [0.25, 0.3) is 0 Å². The number of hydrogen-bond donors (Lipinski definition) is 1. The molecular weight excluding hydrogens is 531 g/mol. The molecule has 2 heterocycles. The first kappa shape index (κ1) is 28.2. The molecule has 1 saturated heterocycles. The van der Waals surface area contributed by atoms with Crippen LogP contribution in [0, 0.1) is 18.7 Å². The van der Waals surface area contributed by atoms with E-state index < -0.39 is 23.4 Å². The van der Waals surface area contributed by atoms with Crippen LogP contribution in [-0.4, -0.2) is 71.1 Å². The first-order chi connectivity index (χ1) is 17.9. The van der Waals surface area contributed by atoms with Crippen molar-refractivity contribution in [3.8, 4) is 5.75 Å². The number of anilines is 1. The summed E-state index contributed by atoms with van der Waals surface area (Å²) in [4.78, 5) is 45.8. The second-order valence-corrected chi connectivity index (χ2v) is 12.9. The Balaban J connectivity index is 1.52. The summed E-state index contributed by atoms with van der Waals surface area (Å²) in [5, 5.41) is 3.26. The molecule has 1 saturated carbocycles. The van der Waals surface area contributed by atoms with Crippen LogP contribution in [0.2, 0.25) is 0 Å². The lowest BCUT2D eigenvalue weighted by Gasteiger charge is -2.40. The highest BCUT2D eigenvalue weighted by Gasteiger charge is 2.35. The molecule has 9 nitrogen and oxygen atoms in total. The molecule has 1 N–H and O–H groups in total. The number of nitrogens with zero attached hydrogens (tertiary/aromatic N) is 3. The van der Waals surface area contributed by atoms with Gasteiger partial charge in [0.2, 0.25) is 5.91 Å². The van der Waals surface area contributed by atoms with Gasteiger partial charge in [0.1, 0.15) is 16.9 Å². The summed E-state index contributed by atoms with van der Waals surface area (Å²) in [5.41, 5.74) is -0.163. The van der Waals surface area contributed by atoms with E-state index in [4.69, 9.17) is 9.47 Å². The van der Waals surface area contributed by atoms with Crippen molar-refractivity contribution in [3.63, 3.8) is 0 Å². The molecule has 0 spiro atoms. The molecule has 4 rings (SSSR count). The molecule has 12 heteroatoms. The number of halogens is 1. The van der Waals surface area contributed by atoms with Gasteiger partial charge in [-0.1, -0.05) is 23.1 Å². The maximum Gasteiger partial charge on any atom is 0.410 e. The number of rotatable bonds is 6. The van der Waals surface area contributed by atoms with E-state index in [9.17, 15) is 14.4 Å². The summed E-state index contributed by atoms with van der Waals surface area (Å²) < 4.78 is 27.5. The Labute approximate surface area is 230 Å². The number of thiazole rings is 1. The van der Waals surface area contributed by atoms with Gasteiger partial charge in [-0.2, -0.15) is 0 Å².